The first kappa shape index (κ1) is 12.7. The number of benzene rings is 1. The number of aromatic nitrogens is 2. The molecule has 18 heavy (non-hydrogen) atoms. The molecule has 1 aromatic heterocycles. The molecule has 2 N–H and O–H groups in total. The Morgan fingerprint density at radius 1 is 1.11 bits per heavy atom. The molecule has 2 aromatic rings. The number of nitrogens with two attached hydrogens (primary N) is 1. The smallest absolute Gasteiger partial charge is 0.142 e. The van der Waals surface area contributed by atoms with E-state index in [-0.39, 0.29) is 0 Å². The Labute approximate surface area is 108 Å². The van der Waals surface area contributed by atoms with Gasteiger partial charge >= 0.3 is 0 Å². The third-order valence-electron chi connectivity index (χ3n) is 2.87. The molecule has 1 heterocycles. The van der Waals surface area contributed by atoms with E-state index < -0.39 is 0 Å². The van der Waals surface area contributed by atoms with E-state index in [1.807, 2.05) is 13.0 Å². The zero-order valence-corrected chi connectivity index (χ0v) is 11.0. The first-order chi connectivity index (χ1) is 8.72. The van der Waals surface area contributed by atoms with Crippen LogP contribution >= 0.6 is 0 Å². The fourth-order valence-electron chi connectivity index (χ4n) is 2.00. The molecule has 0 atom stereocenters. The van der Waals surface area contributed by atoms with E-state index in [2.05, 4.69) is 41.2 Å². The maximum Gasteiger partial charge on any atom is 0.142 e. The lowest BCUT2D eigenvalue weighted by Crippen LogP contribution is -2.05. The number of hydrogen-bond acceptors (Lipinski definition) is 3. The summed E-state index contributed by atoms with van der Waals surface area (Å²) in [5.41, 5.74) is 10.00. The van der Waals surface area contributed by atoms with Gasteiger partial charge in [-0.15, -0.1) is 0 Å². The molecule has 0 bridgehead atoms. The van der Waals surface area contributed by atoms with E-state index in [0.29, 0.717) is 12.4 Å². The van der Waals surface area contributed by atoms with Crippen molar-refractivity contribution < 1.29 is 0 Å². The normalized spacial score (nSPS) is 10.6. The molecule has 0 amide bonds. The first-order valence-corrected chi connectivity index (χ1v) is 6.37. The highest BCUT2D eigenvalue weighted by Gasteiger charge is 2.03. The summed E-state index contributed by atoms with van der Waals surface area (Å²) in [5.74, 6) is 0.697. The summed E-state index contributed by atoms with van der Waals surface area (Å²) in [7, 11) is 0. The SMILES string of the molecule is CCCc1ccc(-c2cc(C)nc(CN)n2)cc1. The van der Waals surface area contributed by atoms with Crippen LogP contribution < -0.4 is 5.73 Å². The van der Waals surface area contributed by atoms with Crippen LogP contribution in [0.1, 0.15) is 30.4 Å². The molecule has 0 radical (unpaired) electrons. The van der Waals surface area contributed by atoms with Gasteiger partial charge in [-0.3, -0.25) is 0 Å². The summed E-state index contributed by atoms with van der Waals surface area (Å²) in [6.07, 6.45) is 2.29. The van der Waals surface area contributed by atoms with Gasteiger partial charge in [0.15, 0.2) is 0 Å². The van der Waals surface area contributed by atoms with Gasteiger partial charge < -0.3 is 5.73 Å². The number of rotatable bonds is 4. The molecule has 0 aliphatic carbocycles. The Hall–Kier alpha value is -1.74. The van der Waals surface area contributed by atoms with Crippen LogP contribution in [0.15, 0.2) is 30.3 Å². The van der Waals surface area contributed by atoms with Crippen molar-refractivity contribution in [3.05, 3.63) is 47.4 Å². The van der Waals surface area contributed by atoms with Crippen LogP contribution in [0.5, 0.6) is 0 Å². The Kier molecular flexibility index (Phi) is 4.05. The summed E-state index contributed by atoms with van der Waals surface area (Å²) in [6.45, 7) is 4.54. The van der Waals surface area contributed by atoms with Crippen LogP contribution in [0.25, 0.3) is 11.3 Å². The predicted molar refractivity (Wildman–Crippen MR) is 74.1 cm³/mol. The third-order valence-corrected chi connectivity index (χ3v) is 2.87. The van der Waals surface area contributed by atoms with Crippen LogP contribution in [0.2, 0.25) is 0 Å². The van der Waals surface area contributed by atoms with Crippen molar-refractivity contribution in [3.63, 3.8) is 0 Å². The maximum absolute atomic E-state index is 5.60. The van der Waals surface area contributed by atoms with Gasteiger partial charge in [-0.2, -0.15) is 0 Å². The molecule has 1 aromatic carbocycles. The summed E-state index contributed by atoms with van der Waals surface area (Å²) >= 11 is 0. The summed E-state index contributed by atoms with van der Waals surface area (Å²) in [6, 6.07) is 10.6. The Morgan fingerprint density at radius 2 is 1.83 bits per heavy atom. The molecular formula is C15H19N3. The topological polar surface area (TPSA) is 51.8 Å². The number of nitrogens with zero attached hydrogens (tertiary/aromatic N) is 2. The molecule has 0 spiro atoms. The lowest BCUT2D eigenvalue weighted by atomic mass is 10.1. The first-order valence-electron chi connectivity index (χ1n) is 6.37. The standard InChI is InChI=1S/C15H19N3/c1-3-4-12-5-7-13(8-6-12)14-9-11(2)17-15(10-16)18-14/h5-9H,3-4,10,16H2,1-2H3. The molecule has 0 saturated heterocycles. The Bertz CT molecular complexity index is 518. The second kappa shape index (κ2) is 5.74. The minimum atomic E-state index is 0.378. The van der Waals surface area contributed by atoms with Gasteiger partial charge in [0.25, 0.3) is 0 Å². The minimum absolute atomic E-state index is 0.378. The predicted octanol–water partition coefficient (Wildman–Crippen LogP) is 2.86. The van der Waals surface area contributed by atoms with Gasteiger partial charge in [0.05, 0.1) is 12.2 Å². The largest absolute Gasteiger partial charge is 0.324 e. The summed E-state index contributed by atoms with van der Waals surface area (Å²) in [5, 5.41) is 0. The molecule has 0 saturated carbocycles. The fraction of sp³-hybridized carbons (Fsp3) is 0.333. The van der Waals surface area contributed by atoms with Crippen molar-refractivity contribution in [3.8, 4) is 11.3 Å². The molecule has 3 nitrogen and oxygen atoms in total. The number of aryl methyl sites for hydroxylation is 2. The van der Waals surface area contributed by atoms with E-state index in [9.17, 15) is 0 Å². The van der Waals surface area contributed by atoms with Gasteiger partial charge in [0.2, 0.25) is 0 Å². The van der Waals surface area contributed by atoms with Crippen LogP contribution in [0.3, 0.4) is 0 Å². The number of hydrogen-bond donors (Lipinski definition) is 1. The Balaban J connectivity index is 2.33. The average molecular weight is 241 g/mol. The second-order valence-corrected chi connectivity index (χ2v) is 4.46. The van der Waals surface area contributed by atoms with Crippen molar-refractivity contribution in [1.82, 2.24) is 9.97 Å². The van der Waals surface area contributed by atoms with Crippen molar-refractivity contribution >= 4 is 0 Å². The van der Waals surface area contributed by atoms with Crippen molar-refractivity contribution in [2.45, 2.75) is 33.2 Å². The summed E-state index contributed by atoms with van der Waals surface area (Å²) < 4.78 is 0. The average Bonchev–Trinajstić information content (AvgIpc) is 2.39. The molecule has 3 heteroatoms. The minimum Gasteiger partial charge on any atom is -0.324 e. The van der Waals surface area contributed by atoms with Gasteiger partial charge in [-0.1, -0.05) is 37.6 Å². The molecule has 0 fully saturated rings. The molecular weight excluding hydrogens is 222 g/mol. The van der Waals surface area contributed by atoms with E-state index in [4.69, 9.17) is 5.73 Å². The van der Waals surface area contributed by atoms with E-state index in [0.717, 1.165) is 23.4 Å². The highest BCUT2D eigenvalue weighted by atomic mass is 14.9. The highest BCUT2D eigenvalue weighted by Crippen LogP contribution is 2.19. The Morgan fingerprint density at radius 3 is 2.44 bits per heavy atom. The molecule has 94 valence electrons. The van der Waals surface area contributed by atoms with E-state index >= 15 is 0 Å². The van der Waals surface area contributed by atoms with Gasteiger partial charge in [-0.05, 0) is 25.0 Å². The lowest BCUT2D eigenvalue weighted by Gasteiger charge is -2.06. The van der Waals surface area contributed by atoms with Crippen LogP contribution in [0, 0.1) is 6.92 Å². The zero-order valence-electron chi connectivity index (χ0n) is 11.0. The van der Waals surface area contributed by atoms with Crippen LogP contribution in [0.4, 0.5) is 0 Å². The molecule has 0 unspecified atom stereocenters. The van der Waals surface area contributed by atoms with Crippen molar-refractivity contribution in [2.24, 2.45) is 5.73 Å². The monoisotopic (exact) mass is 241 g/mol. The zero-order chi connectivity index (χ0) is 13.0. The van der Waals surface area contributed by atoms with Gasteiger partial charge in [0.1, 0.15) is 5.82 Å². The van der Waals surface area contributed by atoms with Crippen LogP contribution in [-0.4, -0.2) is 9.97 Å². The fourth-order valence-corrected chi connectivity index (χ4v) is 2.00. The summed E-state index contributed by atoms with van der Waals surface area (Å²) in [4.78, 5) is 8.75. The van der Waals surface area contributed by atoms with Gasteiger partial charge in [0, 0.05) is 11.3 Å². The van der Waals surface area contributed by atoms with Crippen molar-refractivity contribution in [1.29, 1.82) is 0 Å². The molecule has 0 aliphatic rings. The maximum atomic E-state index is 5.60. The quantitative estimate of drug-likeness (QED) is 0.895. The molecule has 2 rings (SSSR count). The van der Waals surface area contributed by atoms with E-state index in [1.165, 1.54) is 12.0 Å². The van der Waals surface area contributed by atoms with Gasteiger partial charge in [-0.25, -0.2) is 9.97 Å². The van der Waals surface area contributed by atoms with Crippen molar-refractivity contribution in [2.75, 3.05) is 0 Å². The lowest BCUT2D eigenvalue weighted by molar-refractivity contribution is 0.894. The molecule has 0 aliphatic heterocycles. The highest BCUT2D eigenvalue weighted by molar-refractivity contribution is 5.59. The van der Waals surface area contributed by atoms with E-state index in [1.54, 1.807) is 0 Å². The van der Waals surface area contributed by atoms with Crippen LogP contribution in [-0.2, 0) is 13.0 Å². The third kappa shape index (κ3) is 2.93. The second-order valence-electron chi connectivity index (χ2n) is 4.46.